The third kappa shape index (κ3) is 7.78. The molecule has 2 N–H and O–H groups in total. The van der Waals surface area contributed by atoms with Crippen molar-refractivity contribution in [2.45, 2.75) is 51.4 Å². The topological polar surface area (TPSA) is 121 Å². The number of hydrogen-bond acceptors (Lipinski definition) is 9. The molecule has 1 aromatic carbocycles. The van der Waals surface area contributed by atoms with Crippen LogP contribution in [-0.2, 0) is 4.74 Å². The molecule has 1 unspecified atom stereocenters. The molecule has 4 aromatic rings. The Balaban J connectivity index is 1.23. The summed E-state index contributed by atoms with van der Waals surface area (Å²) in [7, 11) is 0. The lowest BCUT2D eigenvalue weighted by molar-refractivity contribution is -0.290. The van der Waals surface area contributed by atoms with Gasteiger partial charge in [-0.2, -0.15) is 22.0 Å². The van der Waals surface area contributed by atoms with Crippen LogP contribution in [0, 0.1) is 0 Å². The van der Waals surface area contributed by atoms with E-state index in [9.17, 15) is 26.7 Å². The number of aromatic amines is 1. The number of imidazole rings is 1. The van der Waals surface area contributed by atoms with Crippen LogP contribution in [0.5, 0.6) is 5.88 Å². The number of nitrogens with one attached hydrogen (secondary N) is 2. The number of pyridine rings is 1. The summed E-state index contributed by atoms with van der Waals surface area (Å²) in [6, 6.07) is 10.2. The van der Waals surface area contributed by atoms with Crippen molar-refractivity contribution in [2.24, 2.45) is 0 Å². The van der Waals surface area contributed by atoms with Crippen LogP contribution >= 0.6 is 0 Å². The molecule has 0 bridgehead atoms. The monoisotopic (exact) mass is 648 g/mol. The lowest BCUT2D eigenvalue weighted by Crippen LogP contribution is -2.50. The fourth-order valence-electron chi connectivity index (χ4n) is 4.78. The maximum atomic E-state index is 13.3. The number of ether oxygens (including phenoxy) is 2. The molecule has 1 fully saturated rings. The standard InChI is InChI=1S/C30H33F5N8O3/c1-18(42-9-11-43(12-10-42)27(44)46-28(2,3)4)19-7-8-36-24(14-19)41-26-39-21-6-5-20(13-23(21)40-26)22-15-25(38-17-37-22)45-16-29(31,32)30(33,34)35/h5-8,13-15,17-18H,9-12,16H2,1-4H3,(H2,36,39,40,41). The number of benzene rings is 1. The van der Waals surface area contributed by atoms with Gasteiger partial charge < -0.3 is 24.7 Å². The number of halogens is 5. The second-order valence-corrected chi connectivity index (χ2v) is 11.8. The number of rotatable bonds is 8. The van der Waals surface area contributed by atoms with Gasteiger partial charge in [-0.25, -0.2) is 24.7 Å². The van der Waals surface area contributed by atoms with Gasteiger partial charge in [0.15, 0.2) is 6.61 Å². The third-order valence-corrected chi connectivity index (χ3v) is 7.26. The van der Waals surface area contributed by atoms with Crippen LogP contribution < -0.4 is 10.1 Å². The van der Waals surface area contributed by atoms with Crippen LogP contribution in [0.25, 0.3) is 22.3 Å². The third-order valence-electron chi connectivity index (χ3n) is 7.26. The first-order chi connectivity index (χ1) is 21.6. The molecule has 46 heavy (non-hydrogen) atoms. The van der Waals surface area contributed by atoms with Crippen molar-refractivity contribution in [3.8, 4) is 17.1 Å². The van der Waals surface area contributed by atoms with Gasteiger partial charge in [0, 0.05) is 50.0 Å². The Morgan fingerprint density at radius 3 is 2.43 bits per heavy atom. The Labute approximate surface area is 261 Å². The van der Waals surface area contributed by atoms with Gasteiger partial charge in [-0.1, -0.05) is 6.07 Å². The maximum absolute atomic E-state index is 13.3. The van der Waals surface area contributed by atoms with E-state index in [4.69, 9.17) is 4.74 Å². The molecular formula is C30H33F5N8O3. The number of alkyl halides is 5. The quantitative estimate of drug-likeness (QED) is 0.211. The number of aromatic nitrogens is 5. The minimum Gasteiger partial charge on any atom is -0.471 e. The molecule has 1 aliphatic heterocycles. The van der Waals surface area contributed by atoms with Crippen molar-refractivity contribution in [3.63, 3.8) is 0 Å². The van der Waals surface area contributed by atoms with E-state index in [2.05, 4.69) is 46.8 Å². The number of nitrogens with zero attached hydrogens (tertiary/aromatic N) is 6. The zero-order valence-electron chi connectivity index (χ0n) is 25.5. The minimum absolute atomic E-state index is 0.0593. The summed E-state index contributed by atoms with van der Waals surface area (Å²) in [5, 5.41) is 3.17. The normalized spacial score (nSPS) is 15.5. The van der Waals surface area contributed by atoms with Crippen molar-refractivity contribution in [1.29, 1.82) is 0 Å². The van der Waals surface area contributed by atoms with Crippen molar-refractivity contribution >= 4 is 28.9 Å². The van der Waals surface area contributed by atoms with E-state index in [1.165, 1.54) is 6.07 Å². The number of carbonyl (C=O) groups excluding carboxylic acids is 1. The van der Waals surface area contributed by atoms with Crippen LogP contribution in [0.15, 0.2) is 48.9 Å². The van der Waals surface area contributed by atoms with Crippen LogP contribution in [-0.4, -0.2) is 91.3 Å². The lowest BCUT2D eigenvalue weighted by atomic mass is 10.1. The van der Waals surface area contributed by atoms with Crippen molar-refractivity contribution in [1.82, 2.24) is 34.7 Å². The average Bonchev–Trinajstić information content (AvgIpc) is 3.40. The molecule has 0 saturated carbocycles. The molecule has 5 rings (SSSR count). The number of H-pyrrole nitrogens is 1. The predicted octanol–water partition coefficient (Wildman–Crippen LogP) is 6.35. The van der Waals surface area contributed by atoms with Crippen LogP contribution in [0.2, 0.25) is 0 Å². The highest BCUT2D eigenvalue weighted by atomic mass is 19.4. The molecule has 3 aromatic heterocycles. The molecule has 246 valence electrons. The summed E-state index contributed by atoms with van der Waals surface area (Å²) in [5.74, 6) is -4.48. The summed E-state index contributed by atoms with van der Waals surface area (Å²) >= 11 is 0. The van der Waals surface area contributed by atoms with Crippen LogP contribution in [0.1, 0.15) is 39.3 Å². The SMILES string of the molecule is CC(c1ccnc(Nc2nc3ccc(-c4cc(OCC(F)(F)C(F)(F)F)ncn4)cc3[nH]2)c1)N1CCN(C(=O)OC(C)(C)C)CC1. The number of carbonyl (C=O) groups is 1. The molecule has 1 saturated heterocycles. The summed E-state index contributed by atoms with van der Waals surface area (Å²) in [6.07, 6.45) is -3.33. The number of hydrogen-bond donors (Lipinski definition) is 2. The van der Waals surface area contributed by atoms with E-state index in [0.29, 0.717) is 54.5 Å². The molecule has 11 nitrogen and oxygen atoms in total. The second kappa shape index (κ2) is 12.7. The summed E-state index contributed by atoms with van der Waals surface area (Å²) in [6.45, 7) is 8.24. The van der Waals surface area contributed by atoms with Crippen LogP contribution in [0.3, 0.4) is 0 Å². The zero-order chi connectivity index (χ0) is 33.3. The molecule has 4 heterocycles. The molecule has 0 aliphatic carbocycles. The van der Waals surface area contributed by atoms with E-state index >= 15 is 0 Å². The number of anilines is 2. The molecular weight excluding hydrogens is 615 g/mol. The zero-order valence-corrected chi connectivity index (χ0v) is 25.5. The lowest BCUT2D eigenvalue weighted by Gasteiger charge is -2.38. The van der Waals surface area contributed by atoms with E-state index in [-0.39, 0.29) is 17.8 Å². The number of fused-ring (bicyclic) bond motifs is 1. The molecule has 16 heteroatoms. The Kier molecular flexibility index (Phi) is 9.02. The largest absolute Gasteiger partial charge is 0.471 e. The van der Waals surface area contributed by atoms with E-state index < -0.39 is 30.2 Å². The highest BCUT2D eigenvalue weighted by Crippen LogP contribution is 2.36. The summed E-state index contributed by atoms with van der Waals surface area (Å²) in [5.41, 5.74) is 2.47. The number of piperazine rings is 1. The van der Waals surface area contributed by atoms with E-state index in [1.54, 1.807) is 29.3 Å². The Morgan fingerprint density at radius 2 is 1.74 bits per heavy atom. The number of amides is 1. The second-order valence-electron chi connectivity index (χ2n) is 11.8. The van der Waals surface area contributed by atoms with Gasteiger partial charge in [-0.3, -0.25) is 4.90 Å². The van der Waals surface area contributed by atoms with Crippen LogP contribution in [0.4, 0.5) is 38.5 Å². The van der Waals surface area contributed by atoms with Crippen molar-refractivity contribution in [3.05, 3.63) is 54.5 Å². The van der Waals surface area contributed by atoms with Gasteiger partial charge >= 0.3 is 18.2 Å². The fraction of sp³-hybridized carbons (Fsp3) is 0.433. The molecule has 0 radical (unpaired) electrons. The van der Waals surface area contributed by atoms with Gasteiger partial charge in [-0.15, -0.1) is 0 Å². The minimum atomic E-state index is -5.74. The van der Waals surface area contributed by atoms with Crippen molar-refractivity contribution < 1.29 is 36.2 Å². The van der Waals surface area contributed by atoms with E-state index in [1.807, 2.05) is 32.9 Å². The molecule has 0 spiro atoms. The van der Waals surface area contributed by atoms with Gasteiger partial charge in [0.25, 0.3) is 0 Å². The highest BCUT2D eigenvalue weighted by molar-refractivity contribution is 5.83. The summed E-state index contributed by atoms with van der Waals surface area (Å²) in [4.78, 5) is 36.3. The van der Waals surface area contributed by atoms with Crippen molar-refractivity contribution in [2.75, 3.05) is 38.1 Å². The Morgan fingerprint density at radius 1 is 1.00 bits per heavy atom. The predicted molar refractivity (Wildman–Crippen MR) is 159 cm³/mol. The van der Waals surface area contributed by atoms with Gasteiger partial charge in [0.1, 0.15) is 17.7 Å². The van der Waals surface area contributed by atoms with Gasteiger partial charge in [-0.05, 0) is 57.5 Å². The average molecular weight is 649 g/mol. The fourth-order valence-corrected chi connectivity index (χ4v) is 4.78. The first-order valence-corrected chi connectivity index (χ1v) is 14.4. The first-order valence-electron chi connectivity index (χ1n) is 14.4. The Bertz CT molecular complexity index is 1680. The molecule has 1 atom stereocenters. The first kappa shape index (κ1) is 32.8. The highest BCUT2D eigenvalue weighted by Gasteiger charge is 2.58. The Hall–Kier alpha value is -4.60. The molecule has 1 amide bonds. The maximum Gasteiger partial charge on any atom is 0.456 e. The van der Waals surface area contributed by atoms with E-state index in [0.717, 1.165) is 11.9 Å². The van der Waals surface area contributed by atoms with Gasteiger partial charge in [0.2, 0.25) is 11.8 Å². The molecule has 1 aliphatic rings. The summed E-state index contributed by atoms with van der Waals surface area (Å²) < 4.78 is 74.1. The van der Waals surface area contributed by atoms with Gasteiger partial charge in [0.05, 0.1) is 16.7 Å². The smallest absolute Gasteiger partial charge is 0.456 e.